The van der Waals surface area contributed by atoms with Crippen LogP contribution in [-0.4, -0.2) is 45.9 Å². The molecule has 3 aromatic rings. The molecule has 8 nitrogen and oxygen atoms in total. The molecule has 0 spiro atoms. The summed E-state index contributed by atoms with van der Waals surface area (Å²) in [4.78, 5) is 35.5. The van der Waals surface area contributed by atoms with Crippen molar-refractivity contribution in [3.8, 4) is 16.9 Å². The van der Waals surface area contributed by atoms with Gasteiger partial charge in [-0.1, -0.05) is 18.2 Å². The number of aromatic nitrogens is 2. The molecule has 2 N–H and O–H groups in total. The van der Waals surface area contributed by atoms with Gasteiger partial charge >= 0.3 is 6.61 Å². The van der Waals surface area contributed by atoms with Crippen molar-refractivity contribution in [2.75, 3.05) is 17.2 Å². The highest BCUT2D eigenvalue weighted by molar-refractivity contribution is 5.98. The zero-order valence-corrected chi connectivity index (χ0v) is 19.6. The molecule has 2 aromatic carbocycles. The number of halogens is 2. The predicted molar refractivity (Wildman–Crippen MR) is 130 cm³/mol. The number of carbonyl (C=O) groups is 2. The van der Waals surface area contributed by atoms with Gasteiger partial charge in [-0.3, -0.25) is 9.59 Å². The fourth-order valence-electron chi connectivity index (χ4n) is 4.22. The highest BCUT2D eigenvalue weighted by atomic mass is 19.3. The van der Waals surface area contributed by atoms with E-state index in [-0.39, 0.29) is 29.9 Å². The predicted octanol–water partition coefficient (Wildman–Crippen LogP) is 4.75. The molecular formula is C26H25F2N5O3. The number of carbonyl (C=O) groups excluding carboxylic acids is 2. The minimum Gasteiger partial charge on any atom is -0.435 e. The largest absolute Gasteiger partial charge is 0.435 e. The van der Waals surface area contributed by atoms with Gasteiger partial charge in [0, 0.05) is 48.3 Å². The van der Waals surface area contributed by atoms with Crippen LogP contribution in [0.25, 0.3) is 11.1 Å². The van der Waals surface area contributed by atoms with E-state index in [4.69, 9.17) is 0 Å². The molecule has 5 rings (SSSR count). The van der Waals surface area contributed by atoms with Crippen molar-refractivity contribution in [3.63, 3.8) is 0 Å². The molecular weight excluding hydrogens is 468 g/mol. The Labute approximate surface area is 206 Å². The fraction of sp³-hybridized carbons (Fsp3) is 0.308. The Morgan fingerprint density at radius 1 is 1.08 bits per heavy atom. The van der Waals surface area contributed by atoms with E-state index in [2.05, 4.69) is 25.3 Å². The number of alkyl halides is 2. The Balaban J connectivity index is 1.22. The van der Waals surface area contributed by atoms with Crippen LogP contribution >= 0.6 is 0 Å². The number of benzene rings is 2. The van der Waals surface area contributed by atoms with Crippen LogP contribution in [0.2, 0.25) is 0 Å². The number of anilines is 3. The summed E-state index contributed by atoms with van der Waals surface area (Å²) in [5.41, 5.74) is 3.72. The topological polar surface area (TPSA) is 96.5 Å². The van der Waals surface area contributed by atoms with Crippen molar-refractivity contribution in [1.29, 1.82) is 0 Å². The van der Waals surface area contributed by atoms with Crippen molar-refractivity contribution in [1.82, 2.24) is 14.9 Å². The minimum absolute atomic E-state index is 0.0582. The molecule has 0 bridgehead atoms. The van der Waals surface area contributed by atoms with Crippen LogP contribution in [-0.2, 0) is 9.59 Å². The van der Waals surface area contributed by atoms with Crippen molar-refractivity contribution in [3.05, 3.63) is 60.4 Å². The van der Waals surface area contributed by atoms with E-state index in [0.29, 0.717) is 35.5 Å². The lowest BCUT2D eigenvalue weighted by molar-refractivity contribution is -0.128. The van der Waals surface area contributed by atoms with E-state index < -0.39 is 6.61 Å². The monoisotopic (exact) mass is 493 g/mol. The number of likely N-dealkylation sites (tertiary alicyclic amines) is 1. The Bertz CT molecular complexity index is 1260. The molecule has 186 valence electrons. The summed E-state index contributed by atoms with van der Waals surface area (Å²) >= 11 is 0. The molecule has 1 unspecified atom stereocenters. The summed E-state index contributed by atoms with van der Waals surface area (Å²) in [6, 6.07) is 12.1. The summed E-state index contributed by atoms with van der Waals surface area (Å²) in [5, 5.41) is 6.09. The quantitative estimate of drug-likeness (QED) is 0.470. The second-order valence-corrected chi connectivity index (χ2v) is 9.02. The van der Waals surface area contributed by atoms with E-state index in [1.54, 1.807) is 24.5 Å². The fourth-order valence-corrected chi connectivity index (χ4v) is 4.22. The van der Waals surface area contributed by atoms with Crippen molar-refractivity contribution in [2.24, 2.45) is 5.92 Å². The number of nitrogens with zero attached hydrogens (tertiary/aromatic N) is 3. The van der Waals surface area contributed by atoms with E-state index in [1.165, 1.54) is 12.1 Å². The average Bonchev–Trinajstić information content (AvgIpc) is 3.63. The summed E-state index contributed by atoms with van der Waals surface area (Å²) in [6.45, 7) is -0.489. The van der Waals surface area contributed by atoms with Crippen LogP contribution in [0.15, 0.2) is 54.9 Å². The molecule has 10 heteroatoms. The van der Waals surface area contributed by atoms with Gasteiger partial charge in [0.15, 0.2) is 0 Å². The number of ether oxygens (including phenoxy) is 1. The van der Waals surface area contributed by atoms with Crippen LogP contribution in [0.3, 0.4) is 0 Å². The maximum absolute atomic E-state index is 12.8. The molecule has 2 fully saturated rings. The van der Waals surface area contributed by atoms with Crippen molar-refractivity contribution in [2.45, 2.75) is 38.8 Å². The normalized spacial score (nSPS) is 17.4. The van der Waals surface area contributed by atoms with Crippen LogP contribution in [0.4, 0.5) is 26.1 Å². The van der Waals surface area contributed by atoms with Gasteiger partial charge in [0.2, 0.25) is 17.8 Å². The zero-order valence-electron chi connectivity index (χ0n) is 19.6. The number of hydrogen-bond acceptors (Lipinski definition) is 6. The molecule has 1 saturated carbocycles. The Hall–Kier alpha value is -4.08. The molecule has 36 heavy (non-hydrogen) atoms. The third kappa shape index (κ3) is 5.42. The second-order valence-electron chi connectivity index (χ2n) is 9.02. The maximum Gasteiger partial charge on any atom is 0.387 e. The molecule has 1 aromatic heterocycles. The number of nitrogens with one attached hydrogen (secondary N) is 2. The van der Waals surface area contributed by atoms with E-state index >= 15 is 0 Å². The van der Waals surface area contributed by atoms with E-state index in [9.17, 15) is 18.4 Å². The highest BCUT2D eigenvalue weighted by Gasteiger charge is 2.41. The molecule has 1 aliphatic carbocycles. The molecule has 2 amide bonds. The summed E-state index contributed by atoms with van der Waals surface area (Å²) < 4.78 is 29.0. The minimum atomic E-state index is -2.87. The van der Waals surface area contributed by atoms with Gasteiger partial charge in [-0.05, 0) is 55.2 Å². The van der Waals surface area contributed by atoms with E-state index in [0.717, 1.165) is 24.0 Å². The number of hydrogen-bond donors (Lipinski definition) is 2. The first-order valence-corrected chi connectivity index (χ1v) is 11.7. The van der Waals surface area contributed by atoms with Gasteiger partial charge in [0.25, 0.3) is 0 Å². The Morgan fingerprint density at radius 2 is 1.81 bits per heavy atom. The van der Waals surface area contributed by atoms with Gasteiger partial charge in [0.1, 0.15) is 5.75 Å². The molecule has 1 aliphatic heterocycles. The van der Waals surface area contributed by atoms with Gasteiger partial charge in [-0.15, -0.1) is 0 Å². The summed E-state index contributed by atoms with van der Waals surface area (Å²) in [5.74, 6) is -0.00451. The second kappa shape index (κ2) is 9.88. The summed E-state index contributed by atoms with van der Waals surface area (Å²) in [6.07, 6.45) is 5.55. The first-order chi connectivity index (χ1) is 17.4. The first-order valence-electron chi connectivity index (χ1n) is 11.7. The zero-order chi connectivity index (χ0) is 25.2. The maximum atomic E-state index is 12.8. The lowest BCUT2D eigenvalue weighted by Crippen LogP contribution is -2.30. The van der Waals surface area contributed by atoms with Gasteiger partial charge in [-0.25, -0.2) is 9.97 Å². The Kier molecular flexibility index (Phi) is 6.49. The van der Waals surface area contributed by atoms with Crippen LogP contribution in [0.5, 0.6) is 5.75 Å². The van der Waals surface area contributed by atoms with Gasteiger partial charge in [-0.2, -0.15) is 8.78 Å². The first kappa shape index (κ1) is 23.7. The molecule has 1 atom stereocenters. The lowest BCUT2D eigenvalue weighted by atomic mass is 10.1. The van der Waals surface area contributed by atoms with Gasteiger partial charge in [0.05, 0.1) is 5.92 Å². The molecule has 2 heterocycles. The standard InChI is InChI=1S/C26H25F2N5O3/c1-15-2-5-19(11-22(15)32-24(35)17-10-23(34)33(14-17)20-6-7-20)31-26-29-12-18(13-30-26)16-3-8-21(9-4-16)36-25(27)28/h2-5,8-9,11-13,17,20,25H,6-7,10,14H2,1H3,(H,32,35)(H,29,30,31). The number of amides is 2. The molecule has 0 radical (unpaired) electrons. The van der Waals surface area contributed by atoms with Crippen LogP contribution in [0.1, 0.15) is 24.8 Å². The lowest BCUT2D eigenvalue weighted by Gasteiger charge is -2.16. The smallest absolute Gasteiger partial charge is 0.387 e. The van der Waals surface area contributed by atoms with Crippen LogP contribution < -0.4 is 15.4 Å². The molecule has 2 aliphatic rings. The van der Waals surface area contributed by atoms with Crippen molar-refractivity contribution < 1.29 is 23.1 Å². The Morgan fingerprint density at radius 3 is 2.47 bits per heavy atom. The van der Waals surface area contributed by atoms with Crippen molar-refractivity contribution >= 4 is 29.1 Å². The number of aryl methyl sites for hydroxylation is 1. The third-order valence-corrected chi connectivity index (χ3v) is 6.33. The summed E-state index contributed by atoms with van der Waals surface area (Å²) in [7, 11) is 0. The average molecular weight is 494 g/mol. The SMILES string of the molecule is Cc1ccc(Nc2ncc(-c3ccc(OC(F)F)cc3)cn2)cc1NC(=O)C1CC(=O)N(C2CC2)C1. The molecule has 1 saturated heterocycles. The van der Waals surface area contributed by atoms with Crippen LogP contribution in [0, 0.1) is 12.8 Å². The van der Waals surface area contributed by atoms with Gasteiger partial charge < -0.3 is 20.3 Å². The highest BCUT2D eigenvalue weighted by Crippen LogP contribution is 2.33. The number of rotatable bonds is 8. The van der Waals surface area contributed by atoms with E-state index in [1.807, 2.05) is 30.0 Å². The third-order valence-electron chi connectivity index (χ3n) is 6.33.